The number of morpholine rings is 1. The number of carbonyl (C=O) groups excluding carboxylic acids is 2. The first-order valence-electron chi connectivity index (χ1n) is 13.5. The summed E-state index contributed by atoms with van der Waals surface area (Å²) >= 11 is 0. The molecule has 3 rings (SSSR count). The second kappa shape index (κ2) is 12.7. The van der Waals surface area contributed by atoms with Crippen LogP contribution < -0.4 is 10.6 Å². The van der Waals surface area contributed by atoms with Crippen LogP contribution in [0.15, 0.2) is 4.99 Å². The second-order valence-electron chi connectivity index (χ2n) is 11.4. The monoisotopic (exact) mass is 504 g/mol. The summed E-state index contributed by atoms with van der Waals surface area (Å²) in [5, 5.41) is 16.5. The van der Waals surface area contributed by atoms with Gasteiger partial charge in [-0.05, 0) is 38.0 Å². The average Bonchev–Trinajstić information content (AvgIpc) is 3.28. The molecule has 10 nitrogen and oxygen atoms in total. The molecule has 10 heteroatoms. The highest BCUT2D eigenvalue weighted by atomic mass is 16.5. The molecule has 0 radical (unpaired) electrons. The van der Waals surface area contributed by atoms with E-state index in [0.717, 1.165) is 19.4 Å². The van der Waals surface area contributed by atoms with Crippen LogP contribution >= 0.6 is 0 Å². The van der Waals surface area contributed by atoms with Gasteiger partial charge in [-0.15, -0.1) is 4.99 Å². The summed E-state index contributed by atoms with van der Waals surface area (Å²) < 4.78 is 10.5. The quantitative estimate of drug-likeness (QED) is 0.419. The molecule has 3 aliphatic rings. The minimum absolute atomic E-state index is 0.182. The third-order valence-corrected chi connectivity index (χ3v) is 7.18. The van der Waals surface area contributed by atoms with Crippen LogP contribution in [0, 0.1) is 16.7 Å². The predicted octanol–water partition coefficient (Wildman–Crippen LogP) is 2.64. The summed E-state index contributed by atoms with van der Waals surface area (Å²) in [5.41, 5.74) is -1.09. The molecule has 0 spiro atoms. The molecule has 2 aliphatic heterocycles. The molecule has 2 N–H and O–H groups in total. The predicted molar refractivity (Wildman–Crippen MR) is 137 cm³/mol. The van der Waals surface area contributed by atoms with E-state index in [4.69, 9.17) is 9.47 Å². The fourth-order valence-electron chi connectivity index (χ4n) is 5.33. The van der Waals surface area contributed by atoms with Gasteiger partial charge in [-0.25, -0.2) is 4.79 Å². The van der Waals surface area contributed by atoms with Crippen molar-refractivity contribution in [1.29, 1.82) is 5.26 Å². The highest BCUT2D eigenvalue weighted by Crippen LogP contribution is 2.30. The zero-order chi connectivity index (χ0) is 26.2. The van der Waals surface area contributed by atoms with Crippen LogP contribution in [-0.2, 0) is 14.3 Å². The largest absolute Gasteiger partial charge is 0.448 e. The van der Waals surface area contributed by atoms with E-state index < -0.39 is 17.7 Å². The lowest BCUT2D eigenvalue weighted by molar-refractivity contribution is -0.124. The molecule has 3 fully saturated rings. The molecule has 0 aromatic carbocycles. The third-order valence-electron chi connectivity index (χ3n) is 7.18. The number of aliphatic imine (C=N–C) groups is 1. The van der Waals surface area contributed by atoms with E-state index in [2.05, 4.69) is 47.4 Å². The number of guanidine groups is 1. The van der Waals surface area contributed by atoms with Crippen LogP contribution in [0.25, 0.3) is 0 Å². The first kappa shape index (κ1) is 28.2. The SMILES string of the molecule is CCOC(=O)/N=C(\NC(CC(C)(C)C)C(=O)NC1(C#N)CCN(C2CCCCC2)C1)N1CCOCC1. The normalized spacial score (nSPS) is 25.2. The van der Waals surface area contributed by atoms with E-state index in [9.17, 15) is 14.9 Å². The smallest absolute Gasteiger partial charge is 0.436 e. The average molecular weight is 505 g/mol. The number of hydrogen-bond acceptors (Lipinski definition) is 6. The molecule has 2 saturated heterocycles. The van der Waals surface area contributed by atoms with Crippen molar-refractivity contribution in [2.75, 3.05) is 46.0 Å². The fourth-order valence-corrected chi connectivity index (χ4v) is 5.33. The standard InChI is InChI=1S/C26H44N6O4/c1-5-36-24(34)29-23(31-13-15-35-16-14-31)28-21(17-25(2,3)4)22(33)30-26(18-27)11-12-32(19-26)20-9-7-6-8-10-20/h20-21H,5-17,19H2,1-4H3,(H,30,33)(H,28,29,34). The Morgan fingerprint density at radius 2 is 1.89 bits per heavy atom. The van der Waals surface area contributed by atoms with Gasteiger partial charge in [-0.3, -0.25) is 9.69 Å². The fraction of sp³-hybridized carbons (Fsp3) is 0.846. The number of hydrogen-bond donors (Lipinski definition) is 2. The Bertz CT molecular complexity index is 823. The maximum atomic E-state index is 13.7. The number of ether oxygens (including phenoxy) is 2. The summed E-state index contributed by atoms with van der Waals surface area (Å²) in [6.45, 7) is 11.6. The number of rotatable bonds is 6. The van der Waals surface area contributed by atoms with E-state index >= 15 is 0 Å². The minimum atomic E-state index is -0.913. The Balaban J connectivity index is 1.77. The van der Waals surface area contributed by atoms with E-state index in [0.29, 0.717) is 57.7 Å². The molecule has 0 aromatic rings. The summed E-state index contributed by atoms with van der Waals surface area (Å²) in [5.74, 6) is 0.0594. The lowest BCUT2D eigenvalue weighted by Crippen LogP contribution is -2.59. The molecule has 202 valence electrons. The van der Waals surface area contributed by atoms with Crippen LogP contribution in [0.2, 0.25) is 0 Å². The van der Waals surface area contributed by atoms with Crippen molar-refractivity contribution in [3.8, 4) is 6.07 Å². The van der Waals surface area contributed by atoms with Crippen molar-refractivity contribution in [1.82, 2.24) is 20.4 Å². The van der Waals surface area contributed by atoms with E-state index in [1.165, 1.54) is 19.3 Å². The Hall–Kier alpha value is -2.38. The van der Waals surface area contributed by atoms with E-state index in [1.807, 2.05) is 4.90 Å². The molecule has 0 bridgehead atoms. The Kier molecular flexibility index (Phi) is 9.97. The van der Waals surface area contributed by atoms with Crippen LogP contribution in [0.1, 0.15) is 72.6 Å². The van der Waals surface area contributed by atoms with Crippen molar-refractivity contribution < 1.29 is 19.1 Å². The van der Waals surface area contributed by atoms with Crippen LogP contribution in [0.5, 0.6) is 0 Å². The molecule has 0 aromatic heterocycles. The Labute approximate surface area is 215 Å². The van der Waals surface area contributed by atoms with Crippen molar-refractivity contribution in [2.45, 2.75) is 90.3 Å². The summed E-state index contributed by atoms with van der Waals surface area (Å²) in [7, 11) is 0. The van der Waals surface area contributed by atoms with E-state index in [-0.39, 0.29) is 17.9 Å². The number of nitrogens with zero attached hydrogens (tertiary/aromatic N) is 4. The number of nitriles is 1. The van der Waals surface area contributed by atoms with Gasteiger partial charge in [0.1, 0.15) is 11.6 Å². The van der Waals surface area contributed by atoms with Crippen LogP contribution in [0.4, 0.5) is 4.79 Å². The van der Waals surface area contributed by atoms with Gasteiger partial charge in [0.15, 0.2) is 0 Å². The zero-order valence-corrected chi connectivity index (χ0v) is 22.5. The molecular weight excluding hydrogens is 460 g/mol. The molecule has 2 unspecified atom stereocenters. The van der Waals surface area contributed by atoms with Gasteiger partial charge in [0, 0.05) is 32.2 Å². The maximum absolute atomic E-state index is 13.7. The topological polar surface area (TPSA) is 119 Å². The molecular formula is C26H44N6O4. The summed E-state index contributed by atoms with van der Waals surface area (Å²) in [6.07, 6.45) is 6.48. The lowest BCUT2D eigenvalue weighted by Gasteiger charge is -2.35. The third kappa shape index (κ3) is 8.07. The van der Waals surface area contributed by atoms with Crippen molar-refractivity contribution in [2.24, 2.45) is 10.4 Å². The molecule has 2 atom stereocenters. The summed E-state index contributed by atoms with van der Waals surface area (Å²) in [4.78, 5) is 34.4. The van der Waals surface area contributed by atoms with Gasteiger partial charge < -0.3 is 25.0 Å². The highest BCUT2D eigenvalue weighted by molar-refractivity contribution is 5.94. The molecule has 2 amide bonds. The molecule has 36 heavy (non-hydrogen) atoms. The minimum Gasteiger partial charge on any atom is -0.448 e. The van der Waals surface area contributed by atoms with Gasteiger partial charge in [-0.2, -0.15) is 5.26 Å². The van der Waals surface area contributed by atoms with E-state index in [1.54, 1.807) is 6.92 Å². The van der Waals surface area contributed by atoms with Crippen molar-refractivity contribution >= 4 is 18.0 Å². The number of likely N-dealkylation sites (tertiary alicyclic amines) is 1. The van der Waals surface area contributed by atoms with Gasteiger partial charge >= 0.3 is 6.09 Å². The zero-order valence-electron chi connectivity index (χ0n) is 22.5. The van der Waals surface area contributed by atoms with Gasteiger partial charge in [0.25, 0.3) is 0 Å². The van der Waals surface area contributed by atoms with Crippen molar-refractivity contribution in [3.05, 3.63) is 0 Å². The lowest BCUT2D eigenvalue weighted by atomic mass is 9.87. The number of carbonyl (C=O) groups is 2. The Morgan fingerprint density at radius 3 is 2.50 bits per heavy atom. The molecule has 1 saturated carbocycles. The van der Waals surface area contributed by atoms with Crippen LogP contribution in [0.3, 0.4) is 0 Å². The number of nitrogens with one attached hydrogen (secondary N) is 2. The first-order chi connectivity index (χ1) is 17.1. The Morgan fingerprint density at radius 1 is 1.19 bits per heavy atom. The van der Waals surface area contributed by atoms with Crippen LogP contribution in [-0.4, -0.2) is 91.4 Å². The summed E-state index contributed by atoms with van der Waals surface area (Å²) in [6, 6.07) is 2.26. The molecule has 1 aliphatic carbocycles. The van der Waals surface area contributed by atoms with Gasteiger partial charge in [-0.1, -0.05) is 40.0 Å². The maximum Gasteiger partial charge on any atom is 0.436 e. The van der Waals surface area contributed by atoms with Gasteiger partial charge in [0.2, 0.25) is 11.9 Å². The van der Waals surface area contributed by atoms with Crippen molar-refractivity contribution in [3.63, 3.8) is 0 Å². The number of amides is 2. The second-order valence-corrected chi connectivity index (χ2v) is 11.4. The molecule has 2 heterocycles. The van der Waals surface area contributed by atoms with Gasteiger partial charge in [0.05, 0.1) is 25.9 Å². The first-order valence-corrected chi connectivity index (χ1v) is 13.5. The highest BCUT2D eigenvalue weighted by Gasteiger charge is 2.43.